The Bertz CT molecular complexity index is 374. The molecule has 1 aliphatic rings. The van der Waals surface area contributed by atoms with Crippen molar-refractivity contribution in [2.45, 2.75) is 25.8 Å². The van der Waals surface area contributed by atoms with Crippen molar-refractivity contribution in [3.05, 3.63) is 23.8 Å². The highest BCUT2D eigenvalue weighted by molar-refractivity contribution is 5.43. The molecule has 0 saturated carbocycles. The molecule has 0 radical (unpaired) electrons. The van der Waals surface area contributed by atoms with Crippen molar-refractivity contribution >= 4 is 0 Å². The van der Waals surface area contributed by atoms with Crippen LogP contribution >= 0.6 is 0 Å². The Morgan fingerprint density at radius 2 is 1.84 bits per heavy atom. The molecule has 2 N–H and O–H groups in total. The summed E-state index contributed by atoms with van der Waals surface area (Å²) in [6.07, 6.45) is 3.07. The molecule has 108 valence electrons. The van der Waals surface area contributed by atoms with Crippen molar-refractivity contribution in [3.8, 4) is 11.5 Å². The largest absolute Gasteiger partial charge is 1.00 e. The van der Waals surface area contributed by atoms with Crippen LogP contribution in [0.25, 0.3) is 0 Å². The van der Waals surface area contributed by atoms with Gasteiger partial charge in [-0.15, -0.1) is 0 Å². The zero-order chi connectivity index (χ0) is 12.6. The minimum Gasteiger partial charge on any atom is -1.00 e. The van der Waals surface area contributed by atoms with Gasteiger partial charge >= 0.3 is 0 Å². The zero-order valence-electron chi connectivity index (χ0n) is 11.0. The lowest BCUT2D eigenvalue weighted by Crippen LogP contribution is -3.00. The molecule has 2 rings (SSSR count). The number of benzene rings is 1. The Kier molecular flexibility index (Phi) is 7.63. The third kappa shape index (κ3) is 5.27. The lowest BCUT2D eigenvalue weighted by Gasteiger charge is -2.19. The Hall–Kier alpha value is -0.970. The third-order valence-corrected chi connectivity index (χ3v) is 2.95. The number of fused-ring (bicyclic) bond motifs is 1. The lowest BCUT2D eigenvalue weighted by molar-refractivity contribution is -0.00000547. The number of aliphatic hydroxyl groups is 1. The Morgan fingerprint density at radius 3 is 2.63 bits per heavy atom. The van der Waals surface area contributed by atoms with Crippen LogP contribution in [0.3, 0.4) is 0 Å². The van der Waals surface area contributed by atoms with Crippen molar-refractivity contribution in [2.75, 3.05) is 26.4 Å². The van der Waals surface area contributed by atoms with Gasteiger partial charge in [-0.05, 0) is 43.5 Å². The van der Waals surface area contributed by atoms with Gasteiger partial charge in [0, 0.05) is 13.2 Å². The van der Waals surface area contributed by atoms with Gasteiger partial charge in [-0.3, -0.25) is 0 Å². The van der Waals surface area contributed by atoms with Gasteiger partial charge in [0.25, 0.3) is 0 Å². The molecule has 0 spiro atoms. The first kappa shape index (κ1) is 16.1. The Morgan fingerprint density at radius 1 is 1.05 bits per heavy atom. The van der Waals surface area contributed by atoms with E-state index in [1.165, 1.54) is 5.56 Å². The number of aliphatic hydroxyl groups excluding tert-OH is 1. The van der Waals surface area contributed by atoms with Gasteiger partial charge < -0.3 is 32.3 Å². The first-order valence-electron chi connectivity index (χ1n) is 6.60. The van der Waals surface area contributed by atoms with E-state index in [9.17, 15) is 0 Å². The normalized spacial score (nSPS) is 12.9. The second-order valence-corrected chi connectivity index (χ2v) is 4.44. The lowest BCUT2D eigenvalue weighted by atomic mass is 10.2. The summed E-state index contributed by atoms with van der Waals surface area (Å²) in [6.45, 7) is 3.38. The number of ether oxygens (including phenoxy) is 2. The van der Waals surface area contributed by atoms with E-state index in [1.54, 1.807) is 0 Å². The topological polar surface area (TPSA) is 50.7 Å². The summed E-state index contributed by atoms with van der Waals surface area (Å²) in [7, 11) is 0. The summed E-state index contributed by atoms with van der Waals surface area (Å²) in [4.78, 5) is 0. The molecule has 4 nitrogen and oxygen atoms in total. The second kappa shape index (κ2) is 9.02. The van der Waals surface area contributed by atoms with E-state index < -0.39 is 0 Å². The molecule has 1 aliphatic heterocycles. The molecule has 0 bridgehead atoms. The maximum Gasteiger partial charge on any atom is 0.161 e. The van der Waals surface area contributed by atoms with Crippen LogP contribution in [0.1, 0.15) is 24.8 Å². The van der Waals surface area contributed by atoms with Gasteiger partial charge in [-0.25, -0.2) is 0 Å². The van der Waals surface area contributed by atoms with E-state index in [0.29, 0.717) is 19.8 Å². The van der Waals surface area contributed by atoms with E-state index >= 15 is 0 Å². The van der Waals surface area contributed by atoms with Crippen LogP contribution in [0, 0.1) is 0 Å². The van der Waals surface area contributed by atoms with Gasteiger partial charge in [0.05, 0.1) is 0 Å². The number of rotatable bonds is 7. The van der Waals surface area contributed by atoms with Crippen LogP contribution in [0.5, 0.6) is 11.5 Å². The van der Waals surface area contributed by atoms with E-state index in [4.69, 9.17) is 14.6 Å². The van der Waals surface area contributed by atoms with Crippen LogP contribution < -0.4 is 27.2 Å². The van der Waals surface area contributed by atoms with Crippen LogP contribution in [0.2, 0.25) is 0 Å². The Labute approximate surface area is 120 Å². The summed E-state index contributed by atoms with van der Waals surface area (Å²) >= 11 is 0. The Balaban J connectivity index is 0.00000180. The first-order valence-corrected chi connectivity index (χ1v) is 6.60. The molecule has 1 heterocycles. The van der Waals surface area contributed by atoms with Crippen molar-refractivity contribution in [1.29, 1.82) is 0 Å². The maximum absolute atomic E-state index is 8.67. The predicted molar refractivity (Wildman–Crippen MR) is 70.1 cm³/mol. The second-order valence-electron chi connectivity index (χ2n) is 4.44. The number of unbranched alkanes of at least 4 members (excludes halogenated alkanes) is 2. The van der Waals surface area contributed by atoms with Crippen molar-refractivity contribution < 1.29 is 27.0 Å². The molecule has 0 fully saturated rings. The molecule has 0 aromatic heterocycles. The summed E-state index contributed by atoms with van der Waals surface area (Å²) in [5, 5.41) is 12.1. The third-order valence-electron chi connectivity index (χ3n) is 2.95. The fourth-order valence-corrected chi connectivity index (χ4v) is 1.97. The van der Waals surface area contributed by atoms with Gasteiger partial charge in [0.2, 0.25) is 0 Å². The average molecular weight is 287 g/mol. The van der Waals surface area contributed by atoms with Crippen LogP contribution in [0.15, 0.2) is 18.2 Å². The number of nitrogens with one attached hydrogen (secondary N) is 1. The van der Waals surface area contributed by atoms with Crippen molar-refractivity contribution in [3.63, 3.8) is 0 Å². The highest BCUT2D eigenvalue weighted by atomic mass is 35.5. The minimum absolute atomic E-state index is 0. The maximum atomic E-state index is 8.67. The highest BCUT2D eigenvalue weighted by Crippen LogP contribution is 2.30. The molecule has 5 heteroatoms. The SMILES string of the molecule is OCCCCCNCc1ccc2c(c1)OCCO2.[Cl-]. The van der Waals surface area contributed by atoms with Gasteiger partial charge in [0.15, 0.2) is 11.5 Å². The van der Waals surface area contributed by atoms with Crippen LogP contribution in [-0.2, 0) is 6.54 Å². The van der Waals surface area contributed by atoms with Crippen LogP contribution in [0.4, 0.5) is 0 Å². The first-order chi connectivity index (χ1) is 8.90. The molecule has 1 aromatic carbocycles. The van der Waals surface area contributed by atoms with Crippen molar-refractivity contribution in [2.24, 2.45) is 0 Å². The molecule has 0 unspecified atom stereocenters. The fraction of sp³-hybridized carbons (Fsp3) is 0.571. The van der Waals surface area contributed by atoms with E-state index in [-0.39, 0.29) is 12.4 Å². The van der Waals surface area contributed by atoms with Crippen LogP contribution in [-0.4, -0.2) is 31.5 Å². The summed E-state index contributed by atoms with van der Waals surface area (Å²) in [5.41, 5.74) is 1.21. The molecular formula is C14H21ClNO3-. The monoisotopic (exact) mass is 286 g/mol. The standard InChI is InChI=1S/C14H21NO3.ClH/c16-7-3-1-2-6-15-11-12-4-5-13-14(10-12)18-9-8-17-13;/h4-5,10,15-16H,1-3,6-9,11H2;1H/p-1. The van der Waals surface area contributed by atoms with E-state index in [0.717, 1.165) is 43.9 Å². The summed E-state index contributed by atoms with van der Waals surface area (Å²) < 4.78 is 11.0. The average Bonchev–Trinajstić information content (AvgIpc) is 2.42. The highest BCUT2D eigenvalue weighted by Gasteiger charge is 2.11. The van der Waals surface area contributed by atoms with Gasteiger partial charge in [0.1, 0.15) is 13.2 Å². The molecule has 0 saturated heterocycles. The van der Waals surface area contributed by atoms with E-state index in [2.05, 4.69) is 11.4 Å². The molecule has 1 aromatic rings. The molecule has 0 atom stereocenters. The van der Waals surface area contributed by atoms with Gasteiger partial charge in [-0.1, -0.05) is 6.07 Å². The molecule has 0 aliphatic carbocycles. The minimum atomic E-state index is 0. The zero-order valence-corrected chi connectivity index (χ0v) is 11.8. The summed E-state index contributed by atoms with van der Waals surface area (Å²) in [6, 6.07) is 6.07. The fourth-order valence-electron chi connectivity index (χ4n) is 1.97. The number of hydrogen-bond donors (Lipinski definition) is 2. The van der Waals surface area contributed by atoms with Gasteiger partial charge in [-0.2, -0.15) is 0 Å². The molecular weight excluding hydrogens is 266 g/mol. The predicted octanol–water partition coefficient (Wildman–Crippen LogP) is -1.29. The quantitative estimate of drug-likeness (QED) is 0.613. The number of hydrogen-bond acceptors (Lipinski definition) is 4. The smallest absolute Gasteiger partial charge is 0.161 e. The summed E-state index contributed by atoms with van der Waals surface area (Å²) in [5.74, 6) is 1.69. The molecule has 19 heavy (non-hydrogen) atoms. The molecule has 0 amide bonds. The number of halogens is 1. The van der Waals surface area contributed by atoms with Crippen molar-refractivity contribution in [1.82, 2.24) is 5.32 Å². The van der Waals surface area contributed by atoms with E-state index in [1.807, 2.05) is 12.1 Å².